The fourth-order valence-electron chi connectivity index (χ4n) is 3.77. The molecule has 0 saturated carbocycles. The molecule has 0 fully saturated rings. The summed E-state index contributed by atoms with van der Waals surface area (Å²) in [5.74, 6) is 3.19. The fraction of sp³-hybridized carbons (Fsp3) is 0.276. The van der Waals surface area contributed by atoms with Gasteiger partial charge in [0, 0.05) is 24.5 Å². The predicted octanol–water partition coefficient (Wildman–Crippen LogP) is 5.97. The van der Waals surface area contributed by atoms with Gasteiger partial charge in [-0.3, -0.25) is 0 Å². The van der Waals surface area contributed by atoms with Crippen molar-refractivity contribution in [3.8, 4) is 23.0 Å². The number of methoxy groups -OCH3 is 3. The second-order valence-corrected chi connectivity index (χ2v) is 9.10. The number of hydrogen-bond donors (Lipinski definition) is 0. The average molecular weight is 521 g/mol. The zero-order valence-corrected chi connectivity index (χ0v) is 22.2. The van der Waals surface area contributed by atoms with Gasteiger partial charge in [0.2, 0.25) is 0 Å². The SMILES string of the molecule is COc1cccc(CN(Cc2cccc(OC)c2)c2nc(COCCOc3cccc(OC)c3)cs2)c1. The van der Waals surface area contributed by atoms with Gasteiger partial charge in [0.1, 0.15) is 29.6 Å². The second-order valence-electron chi connectivity index (χ2n) is 8.26. The maximum atomic E-state index is 5.82. The van der Waals surface area contributed by atoms with Crippen molar-refractivity contribution in [2.75, 3.05) is 39.4 Å². The topological polar surface area (TPSA) is 62.3 Å². The summed E-state index contributed by atoms with van der Waals surface area (Å²) in [4.78, 5) is 7.12. The lowest BCUT2D eigenvalue weighted by Crippen LogP contribution is -2.22. The fourth-order valence-corrected chi connectivity index (χ4v) is 4.58. The molecule has 0 radical (unpaired) electrons. The van der Waals surface area contributed by atoms with Crippen molar-refractivity contribution in [1.82, 2.24) is 4.98 Å². The van der Waals surface area contributed by atoms with Crippen molar-refractivity contribution in [2.45, 2.75) is 19.7 Å². The molecule has 1 heterocycles. The predicted molar refractivity (Wildman–Crippen MR) is 146 cm³/mol. The average Bonchev–Trinajstić information content (AvgIpc) is 3.42. The zero-order valence-electron chi connectivity index (χ0n) is 21.4. The highest BCUT2D eigenvalue weighted by Gasteiger charge is 2.14. The van der Waals surface area contributed by atoms with Crippen LogP contribution >= 0.6 is 11.3 Å². The zero-order chi connectivity index (χ0) is 25.9. The first-order valence-corrected chi connectivity index (χ1v) is 12.8. The van der Waals surface area contributed by atoms with Gasteiger partial charge in [-0.2, -0.15) is 0 Å². The molecule has 0 aliphatic carbocycles. The van der Waals surface area contributed by atoms with E-state index in [2.05, 4.69) is 29.2 Å². The Balaban J connectivity index is 1.38. The quantitative estimate of drug-likeness (QED) is 0.190. The molecule has 0 spiro atoms. The van der Waals surface area contributed by atoms with Gasteiger partial charge in [0.15, 0.2) is 5.13 Å². The first-order valence-electron chi connectivity index (χ1n) is 12.0. The maximum Gasteiger partial charge on any atom is 0.186 e. The van der Waals surface area contributed by atoms with Gasteiger partial charge in [-0.05, 0) is 47.5 Å². The monoisotopic (exact) mass is 520 g/mol. The van der Waals surface area contributed by atoms with E-state index >= 15 is 0 Å². The van der Waals surface area contributed by atoms with Crippen molar-refractivity contribution < 1.29 is 23.7 Å². The molecule has 0 unspecified atom stereocenters. The third-order valence-electron chi connectivity index (χ3n) is 5.61. The van der Waals surface area contributed by atoms with Gasteiger partial charge in [0.25, 0.3) is 0 Å². The maximum absolute atomic E-state index is 5.82. The molecular formula is C29H32N2O5S. The van der Waals surface area contributed by atoms with Gasteiger partial charge in [-0.15, -0.1) is 11.3 Å². The highest BCUT2D eigenvalue weighted by atomic mass is 32.1. The molecule has 8 heteroatoms. The smallest absolute Gasteiger partial charge is 0.186 e. The van der Waals surface area contributed by atoms with Crippen LogP contribution in [0.4, 0.5) is 5.13 Å². The standard InChI is InChI=1S/C29H32N2O5S/c1-32-25-9-4-7-22(15-25)18-31(19-23-8-5-10-26(16-23)33-2)29-30-24(21-37-29)20-35-13-14-36-28-12-6-11-27(17-28)34-3/h4-12,15-17,21H,13-14,18-20H2,1-3H3. The van der Waals surface area contributed by atoms with E-state index in [0.717, 1.165) is 45.0 Å². The summed E-state index contributed by atoms with van der Waals surface area (Å²) in [5, 5.41) is 2.97. The van der Waals surface area contributed by atoms with Crippen LogP contribution in [-0.2, 0) is 24.4 Å². The Hall–Kier alpha value is -3.75. The molecule has 0 bridgehead atoms. The number of aromatic nitrogens is 1. The molecule has 0 aliphatic rings. The molecule has 0 saturated heterocycles. The molecule has 194 valence electrons. The van der Waals surface area contributed by atoms with Crippen LogP contribution in [0.3, 0.4) is 0 Å². The molecule has 0 atom stereocenters. The first kappa shape index (κ1) is 26.3. The lowest BCUT2D eigenvalue weighted by Gasteiger charge is -2.22. The van der Waals surface area contributed by atoms with E-state index in [4.69, 9.17) is 28.7 Å². The van der Waals surface area contributed by atoms with Crippen LogP contribution in [0.5, 0.6) is 23.0 Å². The Labute approximate surface area is 222 Å². The molecule has 0 N–H and O–H groups in total. The molecule has 37 heavy (non-hydrogen) atoms. The normalized spacial score (nSPS) is 10.7. The minimum atomic E-state index is 0.421. The number of hydrogen-bond acceptors (Lipinski definition) is 8. The largest absolute Gasteiger partial charge is 0.497 e. The van der Waals surface area contributed by atoms with Crippen LogP contribution in [-0.4, -0.2) is 39.5 Å². The van der Waals surface area contributed by atoms with Gasteiger partial charge in [0.05, 0.1) is 40.2 Å². The Bertz CT molecular complexity index is 1210. The molecule has 3 aromatic carbocycles. The summed E-state index contributed by atoms with van der Waals surface area (Å²) < 4.78 is 27.6. The molecule has 7 nitrogen and oxygen atoms in total. The minimum Gasteiger partial charge on any atom is -0.497 e. The Morgan fingerprint density at radius 2 is 1.27 bits per heavy atom. The van der Waals surface area contributed by atoms with Crippen LogP contribution in [0.1, 0.15) is 16.8 Å². The van der Waals surface area contributed by atoms with E-state index in [1.165, 1.54) is 0 Å². The highest BCUT2D eigenvalue weighted by molar-refractivity contribution is 7.13. The van der Waals surface area contributed by atoms with Crippen LogP contribution in [0.25, 0.3) is 0 Å². The Kier molecular flexibility index (Phi) is 9.62. The molecular weight excluding hydrogens is 488 g/mol. The lowest BCUT2D eigenvalue weighted by molar-refractivity contribution is 0.0872. The Morgan fingerprint density at radius 1 is 0.703 bits per heavy atom. The van der Waals surface area contributed by atoms with E-state index < -0.39 is 0 Å². The summed E-state index contributed by atoms with van der Waals surface area (Å²) in [6, 6.07) is 23.8. The van der Waals surface area contributed by atoms with Crippen LogP contribution < -0.4 is 23.8 Å². The lowest BCUT2D eigenvalue weighted by atomic mass is 10.1. The summed E-state index contributed by atoms with van der Waals surface area (Å²) in [7, 11) is 5.00. The Morgan fingerprint density at radius 3 is 1.89 bits per heavy atom. The van der Waals surface area contributed by atoms with E-state index in [9.17, 15) is 0 Å². The van der Waals surface area contributed by atoms with E-state index in [0.29, 0.717) is 32.9 Å². The number of rotatable bonds is 14. The third-order valence-corrected chi connectivity index (χ3v) is 6.56. The summed E-state index contributed by atoms with van der Waals surface area (Å²) >= 11 is 1.61. The van der Waals surface area contributed by atoms with E-state index in [1.807, 2.05) is 53.9 Å². The number of anilines is 1. The van der Waals surface area contributed by atoms with Crippen LogP contribution in [0.15, 0.2) is 78.2 Å². The molecule has 1 aromatic heterocycles. The minimum absolute atomic E-state index is 0.421. The van der Waals surface area contributed by atoms with Crippen molar-refractivity contribution in [2.24, 2.45) is 0 Å². The highest BCUT2D eigenvalue weighted by Crippen LogP contribution is 2.27. The molecule has 0 aliphatic heterocycles. The van der Waals surface area contributed by atoms with Gasteiger partial charge in [-0.25, -0.2) is 4.98 Å². The van der Waals surface area contributed by atoms with Crippen molar-refractivity contribution >= 4 is 16.5 Å². The van der Waals surface area contributed by atoms with Crippen molar-refractivity contribution in [3.05, 3.63) is 95.0 Å². The van der Waals surface area contributed by atoms with Gasteiger partial charge >= 0.3 is 0 Å². The number of benzene rings is 3. The molecule has 0 amide bonds. The molecule has 4 aromatic rings. The van der Waals surface area contributed by atoms with Gasteiger partial charge < -0.3 is 28.6 Å². The number of ether oxygens (including phenoxy) is 5. The van der Waals surface area contributed by atoms with Crippen molar-refractivity contribution in [1.29, 1.82) is 0 Å². The van der Waals surface area contributed by atoms with Gasteiger partial charge in [-0.1, -0.05) is 30.3 Å². The summed E-state index contributed by atoms with van der Waals surface area (Å²) in [6.07, 6.45) is 0. The van der Waals surface area contributed by atoms with E-state index in [-0.39, 0.29) is 0 Å². The first-order chi connectivity index (χ1) is 18.2. The number of thiazole rings is 1. The number of nitrogens with zero attached hydrogens (tertiary/aromatic N) is 2. The summed E-state index contributed by atoms with van der Waals surface area (Å²) in [5.41, 5.74) is 3.18. The van der Waals surface area contributed by atoms with E-state index in [1.54, 1.807) is 32.7 Å². The second kappa shape index (κ2) is 13.5. The summed E-state index contributed by atoms with van der Waals surface area (Å²) in [6.45, 7) is 2.71. The van der Waals surface area contributed by atoms with Crippen LogP contribution in [0.2, 0.25) is 0 Å². The van der Waals surface area contributed by atoms with Crippen LogP contribution in [0, 0.1) is 0 Å². The van der Waals surface area contributed by atoms with Crippen molar-refractivity contribution in [3.63, 3.8) is 0 Å². The third kappa shape index (κ3) is 7.87. The molecule has 4 rings (SSSR count).